The van der Waals surface area contributed by atoms with Crippen LogP contribution in [-0.2, 0) is 4.74 Å². The molecular weight excluding hydrogens is 290 g/mol. The molecule has 0 bridgehead atoms. The number of ether oxygens (including phenoxy) is 2. The Labute approximate surface area is 129 Å². The molecule has 2 rings (SSSR count). The van der Waals surface area contributed by atoms with E-state index in [0.29, 0.717) is 22.9 Å². The van der Waals surface area contributed by atoms with Crippen molar-refractivity contribution in [3.05, 3.63) is 4.88 Å². The van der Waals surface area contributed by atoms with E-state index in [2.05, 4.69) is 11.8 Å². The van der Waals surface area contributed by atoms with Crippen molar-refractivity contribution in [2.24, 2.45) is 5.73 Å². The lowest BCUT2D eigenvalue weighted by atomic mass is 10.2. The van der Waals surface area contributed by atoms with Crippen LogP contribution in [0.4, 0.5) is 10.7 Å². The molecule has 1 aliphatic rings. The predicted octanol–water partition coefficient (Wildman–Crippen LogP) is 1.83. The topological polar surface area (TPSA) is 90.8 Å². The van der Waals surface area contributed by atoms with Crippen molar-refractivity contribution in [2.75, 3.05) is 30.3 Å². The zero-order valence-corrected chi connectivity index (χ0v) is 13.5. The lowest BCUT2D eigenvalue weighted by Crippen LogP contribution is -2.42. The fourth-order valence-electron chi connectivity index (χ4n) is 2.31. The van der Waals surface area contributed by atoms with Gasteiger partial charge in [0.2, 0.25) is 0 Å². The number of hydrogen-bond donors (Lipinski definition) is 2. The molecule has 4 N–H and O–H groups in total. The quantitative estimate of drug-likeness (QED) is 0.865. The third-order valence-electron chi connectivity index (χ3n) is 3.34. The number of nitrogens with zero attached hydrogens (tertiary/aromatic N) is 1. The highest BCUT2D eigenvalue weighted by Gasteiger charge is 2.28. The second-order valence-corrected chi connectivity index (χ2v) is 6.36. The van der Waals surface area contributed by atoms with E-state index in [1.54, 1.807) is 0 Å². The lowest BCUT2D eigenvalue weighted by molar-refractivity contribution is 0.0384. The molecule has 0 radical (unpaired) electrons. The Bertz CT molecular complexity index is 516. The van der Waals surface area contributed by atoms with Gasteiger partial charge >= 0.3 is 0 Å². The van der Waals surface area contributed by atoms with Crippen molar-refractivity contribution in [2.45, 2.75) is 39.4 Å². The van der Waals surface area contributed by atoms with Crippen molar-refractivity contribution in [1.29, 1.82) is 0 Å². The Hall–Kier alpha value is -1.47. The van der Waals surface area contributed by atoms with Crippen LogP contribution in [-0.4, -0.2) is 37.8 Å². The first-order valence-electron chi connectivity index (χ1n) is 7.19. The number of primary amides is 1. The SMILES string of the molecule is CCC1CN(c2sc(C(N)=O)c(N)c2OC(C)C)CCO1. The van der Waals surface area contributed by atoms with E-state index in [0.717, 1.165) is 24.5 Å². The normalized spacial score (nSPS) is 19.0. The van der Waals surface area contributed by atoms with Crippen molar-refractivity contribution >= 4 is 27.9 Å². The summed E-state index contributed by atoms with van der Waals surface area (Å²) in [7, 11) is 0. The van der Waals surface area contributed by atoms with Gasteiger partial charge in [0, 0.05) is 13.1 Å². The highest BCUT2D eigenvalue weighted by atomic mass is 32.1. The predicted molar refractivity (Wildman–Crippen MR) is 85.3 cm³/mol. The van der Waals surface area contributed by atoms with E-state index in [1.807, 2.05) is 13.8 Å². The van der Waals surface area contributed by atoms with Gasteiger partial charge in [0.05, 0.1) is 18.8 Å². The Morgan fingerprint density at radius 2 is 2.29 bits per heavy atom. The average molecular weight is 313 g/mol. The molecule has 1 aromatic heterocycles. The highest BCUT2D eigenvalue weighted by molar-refractivity contribution is 7.19. The molecule has 1 fully saturated rings. The standard InChI is InChI=1S/C14H23N3O3S/c1-4-9-7-17(5-6-19-9)14-11(20-8(2)3)10(15)12(21-14)13(16)18/h8-9H,4-7,15H2,1-3H3,(H2,16,18). The lowest BCUT2D eigenvalue weighted by Gasteiger charge is -2.33. The van der Waals surface area contributed by atoms with E-state index in [-0.39, 0.29) is 12.2 Å². The van der Waals surface area contributed by atoms with Crippen LogP contribution in [0.15, 0.2) is 0 Å². The molecule has 2 heterocycles. The third kappa shape index (κ3) is 3.41. The van der Waals surface area contributed by atoms with Crippen molar-refractivity contribution < 1.29 is 14.3 Å². The van der Waals surface area contributed by atoms with Gasteiger partial charge in [-0.1, -0.05) is 6.92 Å². The summed E-state index contributed by atoms with van der Waals surface area (Å²) in [4.78, 5) is 14.1. The van der Waals surface area contributed by atoms with Crippen molar-refractivity contribution in [1.82, 2.24) is 0 Å². The number of carbonyl (C=O) groups is 1. The summed E-state index contributed by atoms with van der Waals surface area (Å²) >= 11 is 1.30. The smallest absolute Gasteiger partial charge is 0.261 e. The molecule has 1 saturated heterocycles. The zero-order valence-electron chi connectivity index (χ0n) is 12.7. The number of morpholine rings is 1. The van der Waals surface area contributed by atoms with Gasteiger partial charge in [-0.05, 0) is 20.3 Å². The van der Waals surface area contributed by atoms with Crippen LogP contribution < -0.4 is 21.1 Å². The first-order chi connectivity index (χ1) is 9.93. The zero-order chi connectivity index (χ0) is 15.6. The molecule has 7 heteroatoms. The summed E-state index contributed by atoms with van der Waals surface area (Å²) in [6, 6.07) is 0. The van der Waals surface area contributed by atoms with Crippen LogP contribution in [0.25, 0.3) is 0 Å². The maximum absolute atomic E-state index is 11.5. The fraction of sp³-hybridized carbons (Fsp3) is 0.643. The second-order valence-electron chi connectivity index (χ2n) is 5.36. The minimum absolute atomic E-state index is 0.0237. The number of anilines is 2. The third-order valence-corrected chi connectivity index (χ3v) is 4.60. The van der Waals surface area contributed by atoms with Gasteiger partial charge in [0.25, 0.3) is 5.91 Å². The largest absolute Gasteiger partial charge is 0.486 e. The van der Waals surface area contributed by atoms with Crippen LogP contribution in [0.2, 0.25) is 0 Å². The van der Waals surface area contributed by atoms with E-state index in [4.69, 9.17) is 20.9 Å². The van der Waals surface area contributed by atoms with Crippen LogP contribution >= 0.6 is 11.3 Å². The molecule has 21 heavy (non-hydrogen) atoms. The van der Waals surface area contributed by atoms with E-state index >= 15 is 0 Å². The van der Waals surface area contributed by atoms with E-state index in [9.17, 15) is 4.79 Å². The minimum atomic E-state index is -0.516. The van der Waals surface area contributed by atoms with Crippen LogP contribution in [0.5, 0.6) is 5.75 Å². The number of nitrogens with two attached hydrogens (primary N) is 2. The Morgan fingerprint density at radius 1 is 1.57 bits per heavy atom. The maximum atomic E-state index is 11.5. The highest BCUT2D eigenvalue weighted by Crippen LogP contribution is 2.45. The van der Waals surface area contributed by atoms with Crippen molar-refractivity contribution in [3.63, 3.8) is 0 Å². The Balaban J connectivity index is 2.36. The molecule has 1 aromatic rings. The first kappa shape index (κ1) is 15.9. The molecule has 6 nitrogen and oxygen atoms in total. The summed E-state index contributed by atoms with van der Waals surface area (Å²) in [6.45, 7) is 8.13. The van der Waals surface area contributed by atoms with E-state index in [1.165, 1.54) is 11.3 Å². The van der Waals surface area contributed by atoms with Gasteiger partial charge in [-0.25, -0.2) is 0 Å². The molecule has 0 spiro atoms. The summed E-state index contributed by atoms with van der Waals surface area (Å²) in [5.41, 5.74) is 11.8. The Kier molecular flexibility index (Phi) is 4.95. The molecule has 1 atom stereocenters. The molecular formula is C14H23N3O3S. The number of nitrogen functional groups attached to an aromatic ring is 1. The van der Waals surface area contributed by atoms with Gasteiger partial charge in [0.15, 0.2) is 5.75 Å². The second kappa shape index (κ2) is 6.53. The van der Waals surface area contributed by atoms with Gasteiger partial charge in [-0.2, -0.15) is 0 Å². The first-order valence-corrected chi connectivity index (χ1v) is 8.00. The monoisotopic (exact) mass is 313 g/mol. The summed E-state index contributed by atoms with van der Waals surface area (Å²) in [5.74, 6) is 0.0539. The van der Waals surface area contributed by atoms with Crippen LogP contribution in [0.1, 0.15) is 36.9 Å². The minimum Gasteiger partial charge on any atom is -0.486 e. The van der Waals surface area contributed by atoms with E-state index < -0.39 is 5.91 Å². The average Bonchev–Trinajstić information content (AvgIpc) is 2.76. The fourth-order valence-corrected chi connectivity index (χ4v) is 3.35. The number of rotatable bonds is 5. The van der Waals surface area contributed by atoms with Crippen LogP contribution in [0.3, 0.4) is 0 Å². The number of carbonyl (C=O) groups excluding carboxylic acids is 1. The van der Waals surface area contributed by atoms with Gasteiger partial charge < -0.3 is 25.8 Å². The Morgan fingerprint density at radius 3 is 2.86 bits per heavy atom. The molecule has 1 amide bonds. The number of thiophene rings is 1. The van der Waals surface area contributed by atoms with Crippen LogP contribution in [0, 0.1) is 0 Å². The van der Waals surface area contributed by atoms with Gasteiger partial charge in [0.1, 0.15) is 15.6 Å². The van der Waals surface area contributed by atoms with Crippen molar-refractivity contribution in [3.8, 4) is 5.75 Å². The molecule has 0 saturated carbocycles. The summed E-state index contributed by atoms with van der Waals surface area (Å²) in [5, 5.41) is 0.872. The maximum Gasteiger partial charge on any atom is 0.261 e. The summed E-state index contributed by atoms with van der Waals surface area (Å²) < 4.78 is 11.5. The molecule has 0 aromatic carbocycles. The molecule has 0 aliphatic carbocycles. The summed E-state index contributed by atoms with van der Waals surface area (Å²) in [6.07, 6.45) is 1.11. The molecule has 1 unspecified atom stereocenters. The molecule has 1 aliphatic heterocycles. The number of amides is 1. The van der Waals surface area contributed by atoms with Gasteiger partial charge in [-0.3, -0.25) is 4.79 Å². The molecule has 118 valence electrons. The number of hydrogen-bond acceptors (Lipinski definition) is 6. The van der Waals surface area contributed by atoms with Gasteiger partial charge in [-0.15, -0.1) is 11.3 Å².